The van der Waals surface area contributed by atoms with E-state index in [1.165, 1.54) is 0 Å². The van der Waals surface area contributed by atoms with Crippen LogP contribution >= 0.6 is 15.9 Å². The summed E-state index contributed by atoms with van der Waals surface area (Å²) in [7, 11) is 0. The third kappa shape index (κ3) is 2.28. The minimum atomic E-state index is -0.972. The van der Waals surface area contributed by atoms with Crippen LogP contribution in [0.1, 0.15) is 19.7 Å². The summed E-state index contributed by atoms with van der Waals surface area (Å²) in [6.07, 6.45) is 0. The molecular weight excluding hydrogens is 298 g/mol. The minimum absolute atomic E-state index is 0.216. The first-order valence-electron chi connectivity index (χ1n) is 5.31. The number of hydrogen-bond acceptors (Lipinski definition) is 4. The van der Waals surface area contributed by atoms with Gasteiger partial charge in [0.1, 0.15) is 5.41 Å². The third-order valence-corrected chi connectivity index (χ3v) is 3.21. The van der Waals surface area contributed by atoms with E-state index in [1.54, 1.807) is 13.8 Å². The van der Waals surface area contributed by atoms with Crippen molar-refractivity contribution in [2.45, 2.75) is 19.3 Å². The monoisotopic (exact) mass is 309 g/mol. The molecular formula is C12H12BrN3O2. The van der Waals surface area contributed by atoms with E-state index in [-0.39, 0.29) is 5.89 Å². The van der Waals surface area contributed by atoms with Crippen molar-refractivity contribution in [1.82, 2.24) is 10.1 Å². The van der Waals surface area contributed by atoms with Gasteiger partial charge in [-0.2, -0.15) is 4.98 Å². The summed E-state index contributed by atoms with van der Waals surface area (Å²) in [5.41, 5.74) is 5.14. The van der Waals surface area contributed by atoms with Gasteiger partial charge >= 0.3 is 0 Å². The van der Waals surface area contributed by atoms with E-state index in [0.29, 0.717) is 5.82 Å². The average molecular weight is 310 g/mol. The van der Waals surface area contributed by atoms with Crippen LogP contribution in [0, 0.1) is 0 Å². The van der Waals surface area contributed by atoms with Crippen molar-refractivity contribution in [3.63, 3.8) is 0 Å². The van der Waals surface area contributed by atoms with Gasteiger partial charge in [-0.15, -0.1) is 0 Å². The molecule has 0 spiro atoms. The van der Waals surface area contributed by atoms with Crippen molar-refractivity contribution in [1.29, 1.82) is 0 Å². The van der Waals surface area contributed by atoms with Gasteiger partial charge in [-0.05, 0) is 38.1 Å². The van der Waals surface area contributed by atoms with Gasteiger partial charge in [-0.25, -0.2) is 0 Å². The molecule has 2 rings (SSSR count). The molecule has 1 aromatic heterocycles. The van der Waals surface area contributed by atoms with Crippen molar-refractivity contribution in [2.75, 3.05) is 0 Å². The number of nitrogens with zero attached hydrogens (tertiary/aromatic N) is 2. The summed E-state index contributed by atoms with van der Waals surface area (Å²) in [6, 6.07) is 7.47. The Morgan fingerprint density at radius 2 is 1.94 bits per heavy atom. The molecule has 0 aliphatic heterocycles. The fraction of sp³-hybridized carbons (Fsp3) is 0.250. The Bertz CT molecular complexity index is 575. The maximum absolute atomic E-state index is 11.3. The Kier molecular flexibility index (Phi) is 3.21. The summed E-state index contributed by atoms with van der Waals surface area (Å²) in [6.45, 7) is 3.29. The van der Waals surface area contributed by atoms with Gasteiger partial charge in [-0.1, -0.05) is 21.1 Å². The molecule has 0 radical (unpaired) electrons. The highest BCUT2D eigenvalue weighted by molar-refractivity contribution is 9.10. The fourth-order valence-corrected chi connectivity index (χ4v) is 1.56. The lowest BCUT2D eigenvalue weighted by Crippen LogP contribution is -2.35. The highest BCUT2D eigenvalue weighted by Crippen LogP contribution is 2.24. The van der Waals surface area contributed by atoms with Gasteiger partial charge < -0.3 is 10.3 Å². The largest absolute Gasteiger partial charge is 0.369 e. The maximum Gasteiger partial charge on any atom is 0.242 e. The molecule has 0 aliphatic rings. The number of carbonyl (C=O) groups excluding carboxylic acids is 1. The van der Waals surface area contributed by atoms with E-state index in [9.17, 15) is 4.79 Å². The molecule has 0 saturated heterocycles. The van der Waals surface area contributed by atoms with Gasteiger partial charge in [0.15, 0.2) is 0 Å². The van der Waals surface area contributed by atoms with Crippen LogP contribution in [0.25, 0.3) is 11.4 Å². The molecule has 2 N–H and O–H groups in total. The summed E-state index contributed by atoms with van der Waals surface area (Å²) in [5, 5.41) is 3.86. The van der Waals surface area contributed by atoms with E-state index in [4.69, 9.17) is 10.3 Å². The number of carbonyl (C=O) groups is 1. The second-order valence-corrected chi connectivity index (χ2v) is 5.33. The molecule has 94 valence electrons. The first-order chi connectivity index (χ1) is 8.41. The molecule has 0 atom stereocenters. The van der Waals surface area contributed by atoms with Gasteiger partial charge in [0.2, 0.25) is 17.6 Å². The van der Waals surface area contributed by atoms with Crippen LogP contribution in [0.15, 0.2) is 33.3 Å². The van der Waals surface area contributed by atoms with Crippen molar-refractivity contribution < 1.29 is 9.32 Å². The van der Waals surface area contributed by atoms with Crippen LogP contribution in [0.3, 0.4) is 0 Å². The minimum Gasteiger partial charge on any atom is -0.369 e. The Labute approximate surface area is 113 Å². The predicted molar refractivity (Wildman–Crippen MR) is 69.7 cm³/mol. The zero-order valence-corrected chi connectivity index (χ0v) is 11.6. The van der Waals surface area contributed by atoms with E-state index in [0.717, 1.165) is 10.0 Å². The number of amides is 1. The molecule has 1 heterocycles. The van der Waals surface area contributed by atoms with E-state index >= 15 is 0 Å². The Hall–Kier alpha value is -1.69. The van der Waals surface area contributed by atoms with Gasteiger partial charge in [0.25, 0.3) is 0 Å². The molecule has 5 nitrogen and oxygen atoms in total. The summed E-state index contributed by atoms with van der Waals surface area (Å²) in [4.78, 5) is 15.5. The van der Waals surface area contributed by atoms with Gasteiger partial charge in [0, 0.05) is 10.0 Å². The van der Waals surface area contributed by atoms with Crippen LogP contribution in [0.2, 0.25) is 0 Å². The second-order valence-electron chi connectivity index (χ2n) is 4.42. The molecule has 18 heavy (non-hydrogen) atoms. The van der Waals surface area contributed by atoms with Gasteiger partial charge in [0.05, 0.1) is 0 Å². The van der Waals surface area contributed by atoms with E-state index in [1.807, 2.05) is 24.3 Å². The van der Waals surface area contributed by atoms with Crippen LogP contribution in [0.5, 0.6) is 0 Å². The fourth-order valence-electron chi connectivity index (χ4n) is 1.30. The number of halogens is 1. The maximum atomic E-state index is 11.3. The number of nitrogens with two attached hydrogens (primary N) is 1. The number of benzene rings is 1. The lowest BCUT2D eigenvalue weighted by Gasteiger charge is -2.13. The summed E-state index contributed by atoms with van der Waals surface area (Å²) >= 11 is 3.35. The molecule has 6 heteroatoms. The lowest BCUT2D eigenvalue weighted by molar-refractivity contribution is -0.123. The quantitative estimate of drug-likeness (QED) is 0.942. The van der Waals surface area contributed by atoms with Crippen molar-refractivity contribution in [3.05, 3.63) is 34.6 Å². The Morgan fingerprint density at radius 1 is 1.33 bits per heavy atom. The molecule has 0 saturated carbocycles. The topological polar surface area (TPSA) is 82.0 Å². The normalized spacial score (nSPS) is 11.5. The van der Waals surface area contributed by atoms with Crippen molar-refractivity contribution >= 4 is 21.8 Å². The molecule has 0 unspecified atom stereocenters. The number of aromatic nitrogens is 2. The van der Waals surface area contributed by atoms with Crippen molar-refractivity contribution in [2.24, 2.45) is 5.73 Å². The zero-order valence-electron chi connectivity index (χ0n) is 9.98. The third-order valence-electron chi connectivity index (χ3n) is 2.68. The SMILES string of the molecule is CC(C)(C(N)=O)c1nc(-c2ccc(Br)cc2)no1. The van der Waals surface area contributed by atoms with Crippen molar-refractivity contribution in [3.8, 4) is 11.4 Å². The number of rotatable bonds is 3. The number of primary amides is 1. The molecule has 2 aromatic rings. The van der Waals surface area contributed by atoms with Crippen LogP contribution in [-0.4, -0.2) is 16.0 Å². The Balaban J connectivity index is 2.37. The standard InChI is InChI=1S/C12H12BrN3O2/c1-12(2,10(14)17)11-15-9(16-18-11)7-3-5-8(13)6-4-7/h3-6H,1-2H3,(H2,14,17). The predicted octanol–water partition coefficient (Wildman–Crippen LogP) is 2.26. The van der Waals surface area contributed by atoms with Crippen LogP contribution in [0.4, 0.5) is 0 Å². The first kappa shape index (κ1) is 12.8. The lowest BCUT2D eigenvalue weighted by atomic mass is 9.93. The van der Waals surface area contributed by atoms with Crippen LogP contribution < -0.4 is 5.73 Å². The average Bonchev–Trinajstić information content (AvgIpc) is 2.79. The first-order valence-corrected chi connectivity index (χ1v) is 6.10. The molecule has 1 amide bonds. The molecule has 0 aliphatic carbocycles. The molecule has 1 aromatic carbocycles. The summed E-state index contributed by atoms with van der Waals surface area (Å²) in [5.74, 6) is 0.147. The molecule has 0 fully saturated rings. The number of hydrogen-bond donors (Lipinski definition) is 1. The second kappa shape index (κ2) is 4.53. The zero-order chi connectivity index (χ0) is 13.3. The van der Waals surface area contributed by atoms with Gasteiger partial charge in [-0.3, -0.25) is 4.79 Å². The van der Waals surface area contributed by atoms with E-state index < -0.39 is 11.3 Å². The molecule has 0 bridgehead atoms. The highest BCUT2D eigenvalue weighted by Gasteiger charge is 2.34. The Morgan fingerprint density at radius 3 is 2.50 bits per heavy atom. The summed E-state index contributed by atoms with van der Waals surface area (Å²) < 4.78 is 6.07. The van der Waals surface area contributed by atoms with Crippen LogP contribution in [-0.2, 0) is 10.2 Å². The van der Waals surface area contributed by atoms with E-state index in [2.05, 4.69) is 26.1 Å². The smallest absolute Gasteiger partial charge is 0.242 e. The highest BCUT2D eigenvalue weighted by atomic mass is 79.9.